The van der Waals surface area contributed by atoms with Gasteiger partial charge in [0.1, 0.15) is 11.5 Å². The van der Waals surface area contributed by atoms with Crippen LogP contribution in [0.4, 0.5) is 19.1 Å². The van der Waals surface area contributed by atoms with Crippen LogP contribution in [0.15, 0.2) is 42.5 Å². The Morgan fingerprint density at radius 3 is 2.61 bits per heavy atom. The summed E-state index contributed by atoms with van der Waals surface area (Å²) >= 11 is 5.58. The molecule has 3 rings (SSSR count). The number of aromatic nitrogens is 3. The summed E-state index contributed by atoms with van der Waals surface area (Å²) in [6.07, 6.45) is -2.31. The maximum Gasteiger partial charge on any atom is 0.417 e. The van der Waals surface area contributed by atoms with Gasteiger partial charge in [0.25, 0.3) is 5.91 Å². The lowest BCUT2D eigenvalue weighted by Gasteiger charge is -2.09. The van der Waals surface area contributed by atoms with Crippen LogP contribution in [0.25, 0.3) is 17.5 Å². The van der Waals surface area contributed by atoms with Crippen molar-refractivity contribution in [3.63, 3.8) is 0 Å². The fourth-order valence-corrected chi connectivity index (χ4v) is 2.84. The average Bonchev–Trinajstić information content (AvgIpc) is 3.19. The topological polar surface area (TPSA) is 89.1 Å². The number of carbonyl (C=O) groups is 1. The van der Waals surface area contributed by atoms with Crippen molar-refractivity contribution >= 4 is 29.5 Å². The summed E-state index contributed by atoms with van der Waals surface area (Å²) in [4.78, 5) is 16.3. The quantitative estimate of drug-likeness (QED) is 0.524. The molecule has 0 saturated carbocycles. The number of aromatic amines is 1. The predicted octanol–water partition coefficient (Wildman–Crippen LogP) is 4.81. The van der Waals surface area contributed by atoms with Gasteiger partial charge in [-0.2, -0.15) is 18.2 Å². The van der Waals surface area contributed by atoms with Gasteiger partial charge in [0.05, 0.1) is 30.4 Å². The van der Waals surface area contributed by atoms with Crippen LogP contribution >= 0.6 is 11.6 Å². The van der Waals surface area contributed by atoms with E-state index in [0.717, 1.165) is 18.2 Å². The second kappa shape index (κ2) is 9.09. The van der Waals surface area contributed by atoms with Crippen molar-refractivity contribution in [3.05, 3.63) is 58.6 Å². The van der Waals surface area contributed by atoms with Crippen molar-refractivity contribution in [2.75, 3.05) is 19.5 Å². The predicted molar refractivity (Wildman–Crippen MR) is 109 cm³/mol. The van der Waals surface area contributed by atoms with E-state index in [1.54, 1.807) is 18.2 Å². The number of nitrogens with zero attached hydrogens (tertiary/aromatic N) is 2. The highest BCUT2D eigenvalue weighted by molar-refractivity contribution is 6.31. The minimum atomic E-state index is -4.60. The van der Waals surface area contributed by atoms with Gasteiger partial charge in [-0.05, 0) is 35.9 Å². The molecule has 0 fully saturated rings. The van der Waals surface area contributed by atoms with Crippen molar-refractivity contribution in [3.8, 4) is 22.9 Å². The zero-order valence-electron chi connectivity index (χ0n) is 16.2. The summed E-state index contributed by atoms with van der Waals surface area (Å²) in [5.41, 5.74) is -0.234. The van der Waals surface area contributed by atoms with Crippen LogP contribution in [0.5, 0.6) is 11.5 Å². The molecule has 0 aliphatic heterocycles. The molecule has 1 heterocycles. The van der Waals surface area contributed by atoms with Crippen LogP contribution in [0.1, 0.15) is 11.1 Å². The zero-order chi connectivity index (χ0) is 22.6. The van der Waals surface area contributed by atoms with Crippen molar-refractivity contribution in [1.29, 1.82) is 0 Å². The summed E-state index contributed by atoms with van der Waals surface area (Å²) < 4.78 is 49.2. The minimum Gasteiger partial charge on any atom is -0.497 e. The number of nitrogens with one attached hydrogen (secondary N) is 2. The highest BCUT2D eigenvalue weighted by atomic mass is 35.5. The van der Waals surface area contributed by atoms with Gasteiger partial charge in [0, 0.05) is 12.1 Å². The SMILES string of the molecule is COc1ccc(-c2nc(NC(=O)/C=C/c3ccc(Cl)c(C(F)(F)F)c3)n[nH]2)c(OC)c1. The molecule has 0 unspecified atom stereocenters. The van der Waals surface area contributed by atoms with E-state index < -0.39 is 22.7 Å². The first-order valence-electron chi connectivity index (χ1n) is 8.72. The number of anilines is 1. The fourth-order valence-electron chi connectivity index (χ4n) is 2.62. The number of ether oxygens (including phenoxy) is 2. The second-order valence-corrected chi connectivity index (χ2v) is 6.54. The van der Waals surface area contributed by atoms with Gasteiger partial charge in [-0.1, -0.05) is 17.7 Å². The molecular weight excluding hydrogens is 437 g/mol. The standard InChI is InChI=1S/C20H16ClF3N4O3/c1-30-12-5-6-13(16(10-12)31-2)18-26-19(28-27-18)25-17(29)8-4-11-3-7-15(21)14(9-11)20(22,23)24/h3-10H,1-2H3,(H2,25,26,27,28,29)/b8-4+. The lowest BCUT2D eigenvalue weighted by atomic mass is 10.1. The monoisotopic (exact) mass is 452 g/mol. The molecule has 7 nitrogen and oxygen atoms in total. The third kappa shape index (κ3) is 5.34. The van der Waals surface area contributed by atoms with Crippen LogP contribution in [-0.2, 0) is 11.0 Å². The Balaban J connectivity index is 1.72. The smallest absolute Gasteiger partial charge is 0.417 e. The molecule has 0 aliphatic rings. The lowest BCUT2D eigenvalue weighted by Crippen LogP contribution is -2.09. The highest BCUT2D eigenvalue weighted by Crippen LogP contribution is 2.35. The molecule has 162 valence electrons. The molecule has 0 saturated heterocycles. The molecule has 2 aromatic carbocycles. The Morgan fingerprint density at radius 1 is 1.16 bits per heavy atom. The number of halogens is 4. The van der Waals surface area contributed by atoms with Gasteiger partial charge >= 0.3 is 6.18 Å². The Labute approximate surface area is 179 Å². The van der Waals surface area contributed by atoms with E-state index in [1.165, 1.54) is 26.4 Å². The Bertz CT molecular complexity index is 1130. The van der Waals surface area contributed by atoms with E-state index in [-0.39, 0.29) is 11.5 Å². The van der Waals surface area contributed by atoms with Crippen molar-refractivity contribution in [1.82, 2.24) is 15.2 Å². The van der Waals surface area contributed by atoms with Gasteiger partial charge in [0.15, 0.2) is 5.82 Å². The number of rotatable bonds is 6. The molecule has 0 spiro atoms. The van der Waals surface area contributed by atoms with Gasteiger partial charge < -0.3 is 9.47 Å². The lowest BCUT2D eigenvalue weighted by molar-refractivity contribution is -0.137. The summed E-state index contributed by atoms with van der Waals surface area (Å²) in [5, 5.41) is 8.60. The molecule has 11 heteroatoms. The number of carbonyl (C=O) groups excluding carboxylic acids is 1. The van der Waals surface area contributed by atoms with Crippen LogP contribution in [0, 0.1) is 0 Å². The summed E-state index contributed by atoms with van der Waals surface area (Å²) in [6, 6.07) is 8.42. The summed E-state index contributed by atoms with van der Waals surface area (Å²) in [5.74, 6) is 0.766. The first-order valence-corrected chi connectivity index (χ1v) is 9.09. The molecule has 0 radical (unpaired) electrons. The number of hydrogen-bond donors (Lipinski definition) is 2. The van der Waals surface area contributed by atoms with Crippen molar-refractivity contribution < 1.29 is 27.4 Å². The van der Waals surface area contributed by atoms with Gasteiger partial charge in [-0.25, -0.2) is 0 Å². The van der Waals surface area contributed by atoms with Gasteiger partial charge in [0.2, 0.25) is 5.95 Å². The van der Waals surface area contributed by atoms with Gasteiger partial charge in [-0.15, -0.1) is 5.10 Å². The van der Waals surface area contributed by atoms with Gasteiger partial charge in [-0.3, -0.25) is 15.2 Å². The molecule has 1 amide bonds. The number of alkyl halides is 3. The van der Waals surface area contributed by atoms with Crippen molar-refractivity contribution in [2.24, 2.45) is 0 Å². The van der Waals surface area contributed by atoms with E-state index in [0.29, 0.717) is 22.9 Å². The van der Waals surface area contributed by atoms with E-state index in [2.05, 4.69) is 20.5 Å². The number of H-pyrrole nitrogens is 1. The molecule has 1 aromatic heterocycles. The third-order valence-corrected chi connectivity index (χ3v) is 4.44. The number of benzene rings is 2. The summed E-state index contributed by atoms with van der Waals surface area (Å²) in [7, 11) is 3.01. The second-order valence-electron chi connectivity index (χ2n) is 6.13. The average molecular weight is 453 g/mol. The first kappa shape index (κ1) is 22.2. The maximum atomic E-state index is 12.9. The highest BCUT2D eigenvalue weighted by Gasteiger charge is 2.33. The first-order chi connectivity index (χ1) is 14.7. The van der Waals surface area contributed by atoms with E-state index in [9.17, 15) is 18.0 Å². The fraction of sp³-hybridized carbons (Fsp3) is 0.150. The molecule has 0 bridgehead atoms. The number of amides is 1. The molecule has 31 heavy (non-hydrogen) atoms. The zero-order valence-corrected chi connectivity index (χ0v) is 17.0. The Hall–Kier alpha value is -3.53. The van der Waals surface area contributed by atoms with E-state index >= 15 is 0 Å². The Kier molecular flexibility index (Phi) is 6.50. The molecule has 0 atom stereocenters. The Morgan fingerprint density at radius 2 is 1.94 bits per heavy atom. The largest absolute Gasteiger partial charge is 0.497 e. The molecular formula is C20H16ClF3N4O3. The van der Waals surface area contributed by atoms with Crippen LogP contribution < -0.4 is 14.8 Å². The molecule has 3 aromatic rings. The normalized spacial score (nSPS) is 11.5. The molecule has 2 N–H and O–H groups in total. The van der Waals surface area contributed by atoms with Crippen LogP contribution in [0.3, 0.4) is 0 Å². The number of methoxy groups -OCH3 is 2. The third-order valence-electron chi connectivity index (χ3n) is 4.11. The van der Waals surface area contributed by atoms with Crippen molar-refractivity contribution in [2.45, 2.75) is 6.18 Å². The van der Waals surface area contributed by atoms with E-state index in [1.807, 2.05) is 0 Å². The van der Waals surface area contributed by atoms with Crippen LogP contribution in [-0.4, -0.2) is 35.3 Å². The van der Waals surface area contributed by atoms with Crippen LogP contribution in [0.2, 0.25) is 5.02 Å². The molecule has 0 aliphatic carbocycles. The maximum absolute atomic E-state index is 12.9. The number of hydrogen-bond acceptors (Lipinski definition) is 5. The van der Waals surface area contributed by atoms with E-state index in [4.69, 9.17) is 21.1 Å². The minimum absolute atomic E-state index is 0.0189. The summed E-state index contributed by atoms with van der Waals surface area (Å²) in [6.45, 7) is 0.